The molecule has 3 heterocycles. The summed E-state index contributed by atoms with van der Waals surface area (Å²) in [6, 6.07) is 14.6. The molecule has 2 amide bonds. The maximum Gasteiger partial charge on any atom is 0.273 e. The molecular weight excluding hydrogens is 430 g/mol. The van der Waals surface area contributed by atoms with Gasteiger partial charge in [0.05, 0.1) is 28.6 Å². The Kier molecular flexibility index (Phi) is 4.93. The van der Waals surface area contributed by atoms with Gasteiger partial charge in [0, 0.05) is 17.7 Å². The van der Waals surface area contributed by atoms with Crippen molar-refractivity contribution in [2.24, 2.45) is 0 Å². The number of anilines is 1. The van der Waals surface area contributed by atoms with E-state index in [4.69, 9.17) is 0 Å². The van der Waals surface area contributed by atoms with E-state index in [1.165, 1.54) is 11.1 Å². The van der Waals surface area contributed by atoms with Crippen molar-refractivity contribution < 1.29 is 18.0 Å². The summed E-state index contributed by atoms with van der Waals surface area (Å²) in [4.78, 5) is 32.8. The van der Waals surface area contributed by atoms with Crippen molar-refractivity contribution >= 4 is 38.4 Å². The minimum Gasteiger partial charge on any atom is -0.338 e. The Morgan fingerprint density at radius 3 is 2.62 bits per heavy atom. The summed E-state index contributed by atoms with van der Waals surface area (Å²) < 4.78 is 23.5. The number of imidazole rings is 1. The topological polar surface area (TPSA) is 124 Å². The Balaban J connectivity index is 1.27. The molecule has 0 unspecified atom stereocenters. The van der Waals surface area contributed by atoms with Crippen molar-refractivity contribution in [2.45, 2.75) is 18.9 Å². The molecule has 0 spiro atoms. The number of hydrogen-bond donors (Lipinski definition) is 3. The number of aromatic nitrogens is 2. The number of H-pyrrole nitrogens is 1. The fourth-order valence-corrected chi connectivity index (χ4v) is 5.64. The fourth-order valence-electron chi connectivity index (χ4n) is 3.94. The second kappa shape index (κ2) is 7.79. The minimum absolute atomic E-state index is 0.0390. The van der Waals surface area contributed by atoms with Crippen LogP contribution in [0.25, 0.3) is 22.4 Å². The Morgan fingerprint density at radius 1 is 1.12 bits per heavy atom. The molecule has 164 valence electrons. The van der Waals surface area contributed by atoms with Crippen molar-refractivity contribution in [3.63, 3.8) is 0 Å². The zero-order valence-corrected chi connectivity index (χ0v) is 17.9. The number of amides is 2. The van der Waals surface area contributed by atoms with Crippen LogP contribution in [0.5, 0.6) is 0 Å². The van der Waals surface area contributed by atoms with Gasteiger partial charge in [-0.2, -0.15) is 0 Å². The largest absolute Gasteiger partial charge is 0.338 e. The van der Waals surface area contributed by atoms with Crippen molar-refractivity contribution in [1.82, 2.24) is 20.4 Å². The molecule has 3 aromatic rings. The Morgan fingerprint density at radius 2 is 1.91 bits per heavy atom. The molecule has 2 aliphatic heterocycles. The van der Waals surface area contributed by atoms with Crippen LogP contribution in [0, 0.1) is 0 Å². The van der Waals surface area contributed by atoms with Gasteiger partial charge in [0.2, 0.25) is 5.91 Å². The standard InChI is InChI=1S/C22H21N5O4S/c28-20-10-9-19(26-27(20)16-11-12-32(30,31)13-16)22(29)23-15-7-5-14(6-8-15)21-24-17-3-1-2-4-18(17)25-21/h1-9,16,26H,10-13H2,(H,23,29)(H,24,25)/t16-/m1/s1. The van der Waals surface area contributed by atoms with Gasteiger partial charge in [0.1, 0.15) is 11.5 Å². The predicted octanol–water partition coefficient (Wildman–Crippen LogP) is 1.98. The van der Waals surface area contributed by atoms with Gasteiger partial charge < -0.3 is 10.3 Å². The van der Waals surface area contributed by atoms with Crippen LogP contribution in [0.2, 0.25) is 0 Å². The van der Waals surface area contributed by atoms with Crippen molar-refractivity contribution in [1.29, 1.82) is 0 Å². The molecule has 1 fully saturated rings. The van der Waals surface area contributed by atoms with Gasteiger partial charge in [-0.3, -0.25) is 20.0 Å². The first-order chi connectivity index (χ1) is 15.4. The van der Waals surface area contributed by atoms with Crippen LogP contribution in [-0.2, 0) is 19.4 Å². The number of carbonyl (C=O) groups is 2. The fraction of sp³-hybridized carbons (Fsp3) is 0.227. The Labute approximate surface area is 184 Å². The molecule has 0 radical (unpaired) electrons. The normalized spacial score (nSPS) is 20.1. The predicted molar refractivity (Wildman–Crippen MR) is 120 cm³/mol. The highest BCUT2D eigenvalue weighted by atomic mass is 32.2. The summed E-state index contributed by atoms with van der Waals surface area (Å²) in [6.07, 6.45) is 1.91. The van der Waals surface area contributed by atoms with Crippen LogP contribution >= 0.6 is 0 Å². The first-order valence-corrected chi connectivity index (χ1v) is 12.1. The van der Waals surface area contributed by atoms with Gasteiger partial charge in [0.25, 0.3) is 5.91 Å². The Hall–Kier alpha value is -3.66. The lowest BCUT2D eigenvalue weighted by Gasteiger charge is -2.32. The van der Waals surface area contributed by atoms with E-state index in [1.807, 2.05) is 36.4 Å². The molecular formula is C22H21N5O4S. The zero-order chi connectivity index (χ0) is 22.3. The second-order valence-corrected chi connectivity index (χ2v) is 10.1. The van der Waals surface area contributed by atoms with Crippen LogP contribution in [0.1, 0.15) is 12.8 Å². The first kappa shape index (κ1) is 20.3. The minimum atomic E-state index is -3.15. The van der Waals surface area contributed by atoms with Crippen molar-refractivity contribution in [2.75, 3.05) is 16.8 Å². The number of carbonyl (C=O) groups excluding carboxylic acids is 2. The summed E-state index contributed by atoms with van der Waals surface area (Å²) in [5, 5.41) is 4.08. The van der Waals surface area contributed by atoms with E-state index in [0.717, 1.165) is 22.4 Å². The SMILES string of the molecule is O=C(Nc1ccc(-c2nc3ccccc3[nH]2)cc1)C1=CCC(=O)N([C@@H]2CCS(=O)(=O)C2)N1. The molecule has 5 rings (SSSR count). The number of benzene rings is 2. The molecule has 1 atom stereocenters. The summed E-state index contributed by atoms with van der Waals surface area (Å²) in [5.74, 6) is 0.0376. The quantitative estimate of drug-likeness (QED) is 0.557. The number of hydrogen-bond acceptors (Lipinski definition) is 6. The maximum atomic E-state index is 12.7. The van der Waals surface area contributed by atoms with E-state index in [9.17, 15) is 18.0 Å². The number of aromatic amines is 1. The highest BCUT2D eigenvalue weighted by Crippen LogP contribution is 2.23. The van der Waals surface area contributed by atoms with Crippen molar-refractivity contribution in [3.05, 3.63) is 60.3 Å². The molecule has 9 nitrogen and oxygen atoms in total. The molecule has 0 bridgehead atoms. The lowest BCUT2D eigenvalue weighted by Crippen LogP contribution is -2.53. The summed E-state index contributed by atoms with van der Waals surface area (Å²) in [5.41, 5.74) is 6.32. The molecule has 1 saturated heterocycles. The lowest BCUT2D eigenvalue weighted by atomic mass is 10.1. The van der Waals surface area contributed by atoms with E-state index in [0.29, 0.717) is 12.1 Å². The van der Waals surface area contributed by atoms with E-state index >= 15 is 0 Å². The molecule has 3 N–H and O–H groups in total. The number of sulfone groups is 1. The number of para-hydroxylation sites is 2. The van der Waals surface area contributed by atoms with Crippen LogP contribution in [-0.4, -0.2) is 52.8 Å². The third-order valence-corrected chi connectivity index (χ3v) is 7.36. The van der Waals surface area contributed by atoms with E-state index in [2.05, 4.69) is 20.7 Å². The highest BCUT2D eigenvalue weighted by molar-refractivity contribution is 7.91. The van der Waals surface area contributed by atoms with Crippen LogP contribution in [0.15, 0.2) is 60.3 Å². The van der Waals surface area contributed by atoms with Gasteiger partial charge in [0.15, 0.2) is 9.84 Å². The van der Waals surface area contributed by atoms with Crippen LogP contribution in [0.4, 0.5) is 5.69 Å². The second-order valence-electron chi connectivity index (χ2n) is 7.89. The van der Waals surface area contributed by atoms with Gasteiger partial charge in [-0.05, 0) is 48.9 Å². The summed E-state index contributed by atoms with van der Waals surface area (Å²) in [6.45, 7) is 0. The molecule has 2 aromatic carbocycles. The number of nitrogens with one attached hydrogen (secondary N) is 3. The van der Waals surface area contributed by atoms with E-state index in [1.54, 1.807) is 12.1 Å². The molecule has 0 saturated carbocycles. The zero-order valence-electron chi connectivity index (χ0n) is 17.0. The maximum absolute atomic E-state index is 12.7. The van der Waals surface area contributed by atoms with Crippen LogP contribution < -0.4 is 10.7 Å². The molecule has 10 heteroatoms. The number of rotatable bonds is 4. The van der Waals surface area contributed by atoms with Gasteiger partial charge in [-0.15, -0.1) is 0 Å². The van der Waals surface area contributed by atoms with Crippen LogP contribution in [0.3, 0.4) is 0 Å². The lowest BCUT2D eigenvalue weighted by molar-refractivity contribution is -0.136. The monoisotopic (exact) mass is 451 g/mol. The molecule has 32 heavy (non-hydrogen) atoms. The van der Waals surface area contributed by atoms with Gasteiger partial charge in [-0.25, -0.2) is 13.4 Å². The van der Waals surface area contributed by atoms with E-state index < -0.39 is 21.8 Å². The summed E-state index contributed by atoms with van der Waals surface area (Å²) in [7, 11) is -3.15. The highest BCUT2D eigenvalue weighted by Gasteiger charge is 2.37. The van der Waals surface area contributed by atoms with Gasteiger partial charge >= 0.3 is 0 Å². The number of fused-ring (bicyclic) bond motifs is 1. The molecule has 2 aliphatic rings. The average molecular weight is 452 g/mol. The third-order valence-electron chi connectivity index (χ3n) is 5.61. The average Bonchev–Trinajstić information content (AvgIpc) is 3.37. The Bertz CT molecular complexity index is 1310. The van der Waals surface area contributed by atoms with Crippen molar-refractivity contribution in [3.8, 4) is 11.4 Å². The van der Waals surface area contributed by atoms with Gasteiger partial charge in [-0.1, -0.05) is 12.1 Å². The first-order valence-electron chi connectivity index (χ1n) is 10.2. The number of nitrogens with zero attached hydrogens (tertiary/aromatic N) is 2. The molecule has 0 aliphatic carbocycles. The third kappa shape index (κ3) is 3.96. The van der Waals surface area contributed by atoms with E-state index in [-0.39, 0.29) is 29.5 Å². The number of hydrazine groups is 1. The molecule has 1 aromatic heterocycles. The smallest absolute Gasteiger partial charge is 0.273 e. The summed E-state index contributed by atoms with van der Waals surface area (Å²) >= 11 is 0.